The van der Waals surface area contributed by atoms with Gasteiger partial charge >= 0.3 is 0 Å². The van der Waals surface area contributed by atoms with Crippen molar-refractivity contribution in [2.75, 3.05) is 19.7 Å². The van der Waals surface area contributed by atoms with Crippen LogP contribution in [0.25, 0.3) is 0 Å². The molecule has 1 aliphatic carbocycles. The number of ether oxygens (including phenoxy) is 1. The first-order valence-corrected chi connectivity index (χ1v) is 6.94. The van der Waals surface area contributed by atoms with E-state index in [0.717, 1.165) is 32.2 Å². The topological polar surface area (TPSA) is 62.3 Å². The molecule has 1 unspecified atom stereocenters. The Balaban J connectivity index is 1.61. The summed E-state index contributed by atoms with van der Waals surface area (Å²) in [6, 6.07) is 0.777. The first-order valence-electron chi connectivity index (χ1n) is 6.94. The molecule has 0 bridgehead atoms. The molecule has 17 heavy (non-hydrogen) atoms. The maximum Gasteiger partial charge on any atom is 0.0918 e. The summed E-state index contributed by atoms with van der Waals surface area (Å²) < 4.78 is 5.64. The second-order valence-electron chi connectivity index (χ2n) is 5.32. The van der Waals surface area contributed by atoms with Crippen molar-refractivity contribution in [1.29, 1.82) is 5.41 Å². The van der Waals surface area contributed by atoms with Crippen molar-refractivity contribution >= 4 is 5.84 Å². The molecular formula is C13H25N3O. The molecule has 98 valence electrons. The van der Waals surface area contributed by atoms with Crippen LogP contribution >= 0.6 is 0 Å². The Morgan fingerprint density at radius 3 is 2.71 bits per heavy atom. The summed E-state index contributed by atoms with van der Waals surface area (Å²) in [4.78, 5) is 2.51. The van der Waals surface area contributed by atoms with Crippen molar-refractivity contribution in [3.63, 3.8) is 0 Å². The van der Waals surface area contributed by atoms with Crippen LogP contribution in [-0.2, 0) is 4.74 Å². The minimum atomic E-state index is 0.315. The fourth-order valence-corrected chi connectivity index (χ4v) is 2.57. The van der Waals surface area contributed by atoms with E-state index >= 15 is 0 Å². The van der Waals surface area contributed by atoms with Gasteiger partial charge in [0, 0.05) is 25.6 Å². The van der Waals surface area contributed by atoms with E-state index in [9.17, 15) is 0 Å². The van der Waals surface area contributed by atoms with E-state index in [4.69, 9.17) is 15.9 Å². The smallest absolute Gasteiger partial charge is 0.0918 e. The maximum absolute atomic E-state index is 7.29. The monoisotopic (exact) mass is 239 g/mol. The van der Waals surface area contributed by atoms with Crippen LogP contribution in [0.3, 0.4) is 0 Å². The van der Waals surface area contributed by atoms with Gasteiger partial charge < -0.3 is 10.5 Å². The predicted molar refractivity (Wildman–Crippen MR) is 69.3 cm³/mol. The molecule has 1 saturated heterocycles. The summed E-state index contributed by atoms with van der Waals surface area (Å²) >= 11 is 0. The number of rotatable bonds is 8. The van der Waals surface area contributed by atoms with Gasteiger partial charge in [-0.1, -0.05) is 0 Å². The Hall–Kier alpha value is -0.610. The van der Waals surface area contributed by atoms with Gasteiger partial charge in [-0.2, -0.15) is 0 Å². The lowest BCUT2D eigenvalue weighted by atomic mass is 10.1. The molecule has 0 aromatic rings. The fraction of sp³-hybridized carbons (Fsp3) is 0.923. The standard InChI is InChI=1S/C13H25N3O/c14-13(15)7-9-16(11-5-6-11)8-1-3-12-4-2-10-17-12/h11-12H,1-10H2,(H3,14,15). The lowest BCUT2D eigenvalue weighted by molar-refractivity contribution is 0.0984. The van der Waals surface area contributed by atoms with Crippen LogP contribution < -0.4 is 5.73 Å². The molecule has 4 nitrogen and oxygen atoms in total. The second-order valence-corrected chi connectivity index (χ2v) is 5.32. The van der Waals surface area contributed by atoms with E-state index in [-0.39, 0.29) is 0 Å². The molecule has 0 spiro atoms. The van der Waals surface area contributed by atoms with Gasteiger partial charge in [0.05, 0.1) is 11.9 Å². The van der Waals surface area contributed by atoms with E-state index < -0.39 is 0 Å². The van der Waals surface area contributed by atoms with Crippen LogP contribution in [0.1, 0.15) is 44.9 Å². The molecule has 2 rings (SSSR count). The Labute approximate surface area is 104 Å². The van der Waals surface area contributed by atoms with E-state index in [0.29, 0.717) is 11.9 Å². The molecule has 1 atom stereocenters. The number of nitrogens with two attached hydrogens (primary N) is 1. The first kappa shape index (κ1) is 12.8. The van der Waals surface area contributed by atoms with Crippen molar-refractivity contribution in [3.8, 4) is 0 Å². The fourth-order valence-electron chi connectivity index (χ4n) is 2.57. The minimum Gasteiger partial charge on any atom is -0.388 e. The molecule has 3 N–H and O–H groups in total. The normalized spacial score (nSPS) is 24.4. The average molecular weight is 239 g/mol. The number of nitrogens with zero attached hydrogens (tertiary/aromatic N) is 1. The zero-order chi connectivity index (χ0) is 12.1. The summed E-state index contributed by atoms with van der Waals surface area (Å²) in [6.45, 7) is 3.07. The zero-order valence-electron chi connectivity index (χ0n) is 10.7. The lowest BCUT2D eigenvalue weighted by Crippen LogP contribution is -2.31. The third-order valence-electron chi connectivity index (χ3n) is 3.73. The van der Waals surface area contributed by atoms with Gasteiger partial charge in [-0.3, -0.25) is 10.3 Å². The molecule has 2 fully saturated rings. The molecule has 0 aromatic carbocycles. The van der Waals surface area contributed by atoms with Gasteiger partial charge in [0.1, 0.15) is 0 Å². The molecule has 0 amide bonds. The summed E-state index contributed by atoms with van der Waals surface area (Å²) in [5.74, 6) is 0.315. The zero-order valence-corrected chi connectivity index (χ0v) is 10.7. The Morgan fingerprint density at radius 1 is 1.29 bits per heavy atom. The van der Waals surface area contributed by atoms with Gasteiger partial charge in [-0.15, -0.1) is 0 Å². The van der Waals surface area contributed by atoms with Gasteiger partial charge in [-0.05, 0) is 45.1 Å². The molecule has 1 aliphatic heterocycles. The van der Waals surface area contributed by atoms with Crippen LogP contribution in [0.4, 0.5) is 0 Å². The highest BCUT2D eigenvalue weighted by Gasteiger charge is 2.28. The predicted octanol–water partition coefficient (Wildman–Crippen LogP) is 1.74. The molecular weight excluding hydrogens is 214 g/mol. The molecule has 0 aromatic heterocycles. The van der Waals surface area contributed by atoms with Gasteiger partial charge in [0.25, 0.3) is 0 Å². The van der Waals surface area contributed by atoms with Crippen molar-refractivity contribution in [3.05, 3.63) is 0 Å². The molecule has 4 heteroatoms. The summed E-state index contributed by atoms with van der Waals surface area (Å²) in [5, 5.41) is 7.29. The van der Waals surface area contributed by atoms with E-state index in [1.54, 1.807) is 0 Å². The van der Waals surface area contributed by atoms with Gasteiger partial charge in [0.2, 0.25) is 0 Å². The Bertz CT molecular complexity index is 247. The van der Waals surface area contributed by atoms with Crippen LogP contribution in [0, 0.1) is 5.41 Å². The van der Waals surface area contributed by atoms with Crippen LogP contribution in [0.2, 0.25) is 0 Å². The first-order chi connectivity index (χ1) is 8.25. The minimum absolute atomic E-state index is 0.315. The van der Waals surface area contributed by atoms with Crippen molar-refractivity contribution in [2.24, 2.45) is 5.73 Å². The van der Waals surface area contributed by atoms with Crippen molar-refractivity contribution in [1.82, 2.24) is 4.90 Å². The summed E-state index contributed by atoms with van der Waals surface area (Å²) in [5.41, 5.74) is 5.43. The molecule has 1 heterocycles. The number of hydrogen-bond donors (Lipinski definition) is 2. The quantitative estimate of drug-likeness (QED) is 0.501. The van der Waals surface area contributed by atoms with E-state index in [1.807, 2.05) is 0 Å². The van der Waals surface area contributed by atoms with Crippen LogP contribution in [0.5, 0.6) is 0 Å². The lowest BCUT2D eigenvalue weighted by Gasteiger charge is -2.22. The Morgan fingerprint density at radius 2 is 2.12 bits per heavy atom. The molecule has 2 aliphatic rings. The van der Waals surface area contributed by atoms with Gasteiger partial charge in [0.15, 0.2) is 0 Å². The average Bonchev–Trinajstić information content (AvgIpc) is 3.00. The van der Waals surface area contributed by atoms with E-state index in [1.165, 1.54) is 38.5 Å². The SMILES string of the molecule is N=C(N)CCN(CCCC1CCCO1)C1CC1. The Kier molecular flexibility index (Phi) is 4.80. The van der Waals surface area contributed by atoms with Crippen LogP contribution in [0.15, 0.2) is 0 Å². The van der Waals surface area contributed by atoms with Crippen LogP contribution in [-0.4, -0.2) is 42.6 Å². The highest BCUT2D eigenvalue weighted by Crippen LogP contribution is 2.27. The summed E-state index contributed by atoms with van der Waals surface area (Å²) in [7, 11) is 0. The third-order valence-corrected chi connectivity index (χ3v) is 3.73. The number of amidine groups is 1. The largest absolute Gasteiger partial charge is 0.388 e. The molecule has 0 radical (unpaired) electrons. The van der Waals surface area contributed by atoms with Gasteiger partial charge in [-0.25, -0.2) is 0 Å². The third kappa shape index (κ3) is 4.64. The maximum atomic E-state index is 7.29. The van der Waals surface area contributed by atoms with Crippen molar-refractivity contribution in [2.45, 2.75) is 57.1 Å². The highest BCUT2D eigenvalue weighted by molar-refractivity contribution is 5.76. The number of hydrogen-bond acceptors (Lipinski definition) is 3. The van der Waals surface area contributed by atoms with Crippen molar-refractivity contribution < 1.29 is 4.74 Å². The highest BCUT2D eigenvalue weighted by atomic mass is 16.5. The molecule has 1 saturated carbocycles. The summed E-state index contributed by atoms with van der Waals surface area (Å²) in [6.07, 6.45) is 8.80. The number of nitrogens with one attached hydrogen (secondary N) is 1. The van der Waals surface area contributed by atoms with E-state index in [2.05, 4.69) is 4.90 Å². The second kappa shape index (κ2) is 6.36.